The number of rotatable bonds is 4. The first kappa shape index (κ1) is 12.1. The van der Waals surface area contributed by atoms with Crippen molar-refractivity contribution in [1.29, 1.82) is 0 Å². The van der Waals surface area contributed by atoms with Crippen LogP contribution < -0.4 is 10.9 Å². The van der Waals surface area contributed by atoms with E-state index in [0.29, 0.717) is 12.1 Å². The van der Waals surface area contributed by atoms with Crippen LogP contribution in [0.1, 0.15) is 15.9 Å². The molecule has 0 unspecified atom stereocenters. The number of carbonyl (C=O) groups excluding carboxylic acids is 1. The molecule has 94 valence electrons. The number of aromatic nitrogens is 3. The van der Waals surface area contributed by atoms with Crippen LogP contribution in [0.5, 0.6) is 0 Å². The molecule has 0 fully saturated rings. The van der Waals surface area contributed by atoms with Crippen LogP contribution in [0.15, 0.2) is 35.5 Å². The summed E-state index contributed by atoms with van der Waals surface area (Å²) in [7, 11) is 1.85. The van der Waals surface area contributed by atoms with E-state index >= 15 is 0 Å². The third-order valence-corrected chi connectivity index (χ3v) is 2.50. The Hall–Kier alpha value is -2.37. The summed E-state index contributed by atoms with van der Waals surface area (Å²) < 4.78 is 1.72. The number of carbonyl (C=O) groups is 1. The molecule has 0 atom stereocenters. The van der Waals surface area contributed by atoms with Gasteiger partial charge in [-0.15, -0.1) is 0 Å². The number of aromatic amines is 1. The molecule has 2 aromatic rings. The predicted octanol–water partition coefficient (Wildman–Crippen LogP) is 0.0809. The van der Waals surface area contributed by atoms with E-state index in [9.17, 15) is 9.59 Å². The first-order valence-electron chi connectivity index (χ1n) is 5.59. The Morgan fingerprint density at radius 2 is 2.33 bits per heavy atom. The number of hydrogen-bond acceptors (Lipinski definition) is 3. The Kier molecular flexibility index (Phi) is 3.57. The quantitative estimate of drug-likeness (QED) is 0.801. The van der Waals surface area contributed by atoms with Crippen molar-refractivity contribution in [3.63, 3.8) is 0 Å². The highest BCUT2D eigenvalue weighted by molar-refractivity contribution is 5.93. The maximum Gasteiger partial charge on any atom is 0.252 e. The number of H-pyrrole nitrogens is 1. The van der Waals surface area contributed by atoms with Crippen LogP contribution in [-0.2, 0) is 13.5 Å². The minimum absolute atomic E-state index is 0.199. The molecule has 0 aromatic carbocycles. The fraction of sp³-hybridized carbons (Fsp3) is 0.250. The van der Waals surface area contributed by atoms with Crippen molar-refractivity contribution in [3.8, 4) is 0 Å². The second-order valence-corrected chi connectivity index (χ2v) is 3.97. The third-order valence-electron chi connectivity index (χ3n) is 2.50. The summed E-state index contributed by atoms with van der Waals surface area (Å²) >= 11 is 0. The minimum Gasteiger partial charge on any atom is -0.352 e. The van der Waals surface area contributed by atoms with E-state index in [2.05, 4.69) is 15.4 Å². The summed E-state index contributed by atoms with van der Waals surface area (Å²) in [5.74, 6) is -0.199. The van der Waals surface area contributed by atoms with Gasteiger partial charge in [0.15, 0.2) is 0 Å². The maximum absolute atomic E-state index is 11.7. The average molecular weight is 246 g/mol. The summed E-state index contributed by atoms with van der Waals surface area (Å²) in [4.78, 5) is 25.0. The molecular weight excluding hydrogens is 232 g/mol. The SMILES string of the molecule is Cn1cc(CCNC(=O)c2ccc(=O)[nH]c2)cn1. The van der Waals surface area contributed by atoms with Crippen molar-refractivity contribution in [2.75, 3.05) is 6.54 Å². The smallest absolute Gasteiger partial charge is 0.252 e. The highest BCUT2D eigenvalue weighted by Gasteiger charge is 2.04. The molecule has 1 amide bonds. The Balaban J connectivity index is 1.85. The van der Waals surface area contributed by atoms with Gasteiger partial charge in [0.2, 0.25) is 5.56 Å². The topological polar surface area (TPSA) is 79.8 Å². The van der Waals surface area contributed by atoms with Crippen molar-refractivity contribution in [3.05, 3.63) is 52.2 Å². The predicted molar refractivity (Wildman–Crippen MR) is 66.3 cm³/mol. The Morgan fingerprint density at radius 1 is 1.50 bits per heavy atom. The molecule has 0 bridgehead atoms. The molecule has 6 heteroatoms. The van der Waals surface area contributed by atoms with Crippen LogP contribution in [-0.4, -0.2) is 27.2 Å². The van der Waals surface area contributed by atoms with Crippen LogP contribution in [0.3, 0.4) is 0 Å². The monoisotopic (exact) mass is 246 g/mol. The van der Waals surface area contributed by atoms with Crippen LogP contribution in [0.25, 0.3) is 0 Å². The molecule has 6 nitrogen and oxygen atoms in total. The van der Waals surface area contributed by atoms with E-state index in [-0.39, 0.29) is 11.5 Å². The standard InChI is InChI=1S/C12H14N4O2/c1-16-8-9(6-15-16)4-5-13-12(18)10-2-3-11(17)14-7-10/h2-3,6-8H,4-5H2,1H3,(H,13,18)(H,14,17). The molecule has 0 aliphatic rings. The minimum atomic E-state index is -0.220. The van der Waals surface area contributed by atoms with Crippen LogP contribution >= 0.6 is 0 Å². The van der Waals surface area contributed by atoms with Crippen LogP contribution in [0.2, 0.25) is 0 Å². The van der Waals surface area contributed by atoms with Gasteiger partial charge in [-0.25, -0.2) is 0 Å². The van der Waals surface area contributed by atoms with E-state index in [0.717, 1.165) is 12.0 Å². The molecule has 2 heterocycles. The second kappa shape index (κ2) is 5.31. The molecule has 0 aliphatic carbocycles. The van der Waals surface area contributed by atoms with E-state index in [1.165, 1.54) is 18.3 Å². The van der Waals surface area contributed by atoms with Gasteiger partial charge in [0.25, 0.3) is 5.91 Å². The van der Waals surface area contributed by atoms with Gasteiger partial charge in [-0.2, -0.15) is 5.10 Å². The molecule has 2 rings (SSSR count). The van der Waals surface area contributed by atoms with Crippen molar-refractivity contribution in [1.82, 2.24) is 20.1 Å². The normalized spacial score (nSPS) is 10.3. The van der Waals surface area contributed by atoms with Crippen molar-refractivity contribution in [2.24, 2.45) is 7.05 Å². The molecule has 0 aliphatic heterocycles. The van der Waals surface area contributed by atoms with E-state index < -0.39 is 0 Å². The second-order valence-electron chi connectivity index (χ2n) is 3.97. The number of hydrogen-bond donors (Lipinski definition) is 2. The van der Waals surface area contributed by atoms with Gasteiger partial charge >= 0.3 is 0 Å². The van der Waals surface area contributed by atoms with Crippen LogP contribution in [0.4, 0.5) is 0 Å². The fourth-order valence-electron chi connectivity index (χ4n) is 1.58. The number of aryl methyl sites for hydroxylation is 1. The zero-order valence-corrected chi connectivity index (χ0v) is 10.0. The number of nitrogens with zero attached hydrogens (tertiary/aromatic N) is 2. The number of nitrogens with one attached hydrogen (secondary N) is 2. The van der Waals surface area contributed by atoms with E-state index in [4.69, 9.17) is 0 Å². The lowest BCUT2D eigenvalue weighted by molar-refractivity contribution is 0.0954. The summed E-state index contributed by atoms with van der Waals surface area (Å²) in [6, 6.07) is 2.83. The van der Waals surface area contributed by atoms with E-state index in [1.807, 2.05) is 13.2 Å². The molecule has 18 heavy (non-hydrogen) atoms. The number of amides is 1. The summed E-state index contributed by atoms with van der Waals surface area (Å²) in [5, 5.41) is 6.82. The van der Waals surface area contributed by atoms with Crippen LogP contribution in [0, 0.1) is 0 Å². The molecule has 2 aromatic heterocycles. The Bertz CT molecular complexity index is 580. The fourth-order valence-corrected chi connectivity index (χ4v) is 1.58. The summed E-state index contributed by atoms with van der Waals surface area (Å²) in [6.07, 6.45) is 5.81. The first-order chi connectivity index (χ1) is 8.65. The zero-order chi connectivity index (χ0) is 13.0. The van der Waals surface area contributed by atoms with Gasteiger partial charge in [0.05, 0.1) is 11.8 Å². The van der Waals surface area contributed by atoms with Crippen molar-refractivity contribution in [2.45, 2.75) is 6.42 Å². The first-order valence-corrected chi connectivity index (χ1v) is 5.59. The summed E-state index contributed by atoms with van der Waals surface area (Å²) in [6.45, 7) is 0.531. The Labute approximate surface area is 104 Å². The molecule has 0 saturated carbocycles. The van der Waals surface area contributed by atoms with E-state index in [1.54, 1.807) is 10.9 Å². The largest absolute Gasteiger partial charge is 0.352 e. The molecule has 0 saturated heterocycles. The van der Waals surface area contributed by atoms with Gasteiger partial charge in [0, 0.05) is 32.1 Å². The lowest BCUT2D eigenvalue weighted by atomic mass is 10.2. The van der Waals surface area contributed by atoms with Gasteiger partial charge in [-0.05, 0) is 18.1 Å². The average Bonchev–Trinajstić information content (AvgIpc) is 2.76. The Morgan fingerprint density at radius 3 is 2.94 bits per heavy atom. The number of pyridine rings is 1. The van der Waals surface area contributed by atoms with Gasteiger partial charge < -0.3 is 10.3 Å². The highest BCUT2D eigenvalue weighted by atomic mass is 16.1. The van der Waals surface area contributed by atoms with Gasteiger partial charge in [-0.1, -0.05) is 0 Å². The maximum atomic E-state index is 11.7. The zero-order valence-electron chi connectivity index (χ0n) is 10.0. The molecule has 0 radical (unpaired) electrons. The third kappa shape index (κ3) is 3.07. The molecule has 2 N–H and O–H groups in total. The lowest BCUT2D eigenvalue weighted by Crippen LogP contribution is -2.26. The molecule has 0 spiro atoms. The van der Waals surface area contributed by atoms with Gasteiger partial charge in [-0.3, -0.25) is 14.3 Å². The highest BCUT2D eigenvalue weighted by Crippen LogP contribution is 1.97. The van der Waals surface area contributed by atoms with Crippen molar-refractivity contribution >= 4 is 5.91 Å². The summed E-state index contributed by atoms with van der Waals surface area (Å²) in [5.41, 5.74) is 1.29. The molecular formula is C12H14N4O2. The van der Waals surface area contributed by atoms with Gasteiger partial charge in [0.1, 0.15) is 0 Å². The van der Waals surface area contributed by atoms with Crippen molar-refractivity contribution < 1.29 is 4.79 Å². The lowest BCUT2D eigenvalue weighted by Gasteiger charge is -2.03.